The predicted molar refractivity (Wildman–Crippen MR) is 97.6 cm³/mol. The number of halogens is 1. The van der Waals surface area contributed by atoms with E-state index in [2.05, 4.69) is 16.0 Å². The zero-order chi connectivity index (χ0) is 18.7. The Morgan fingerprint density at radius 3 is 2.77 bits per heavy atom. The van der Waals surface area contributed by atoms with E-state index in [1.165, 1.54) is 7.11 Å². The minimum absolute atomic E-state index is 0.235. The Morgan fingerprint density at radius 1 is 1.23 bits per heavy atom. The van der Waals surface area contributed by atoms with E-state index < -0.39 is 23.8 Å². The molecule has 0 spiro atoms. The largest absolute Gasteiger partial charge is 0.495 e. The maximum atomic E-state index is 12.4. The number of amides is 3. The molecule has 8 heteroatoms. The summed E-state index contributed by atoms with van der Waals surface area (Å²) >= 11 is 5.94. The van der Waals surface area contributed by atoms with Gasteiger partial charge in [-0.05, 0) is 30.3 Å². The highest BCUT2D eigenvalue weighted by Gasteiger charge is 2.29. The number of rotatable bonds is 4. The normalized spacial score (nSPS) is 16.0. The number of fused-ring (bicyclic) bond motifs is 1. The Bertz CT molecular complexity index is 884. The van der Waals surface area contributed by atoms with Crippen LogP contribution in [0.2, 0.25) is 5.02 Å². The third-order valence-electron chi connectivity index (χ3n) is 3.88. The molecule has 3 N–H and O–H groups in total. The summed E-state index contributed by atoms with van der Waals surface area (Å²) in [5.74, 6) is -0.907. The van der Waals surface area contributed by atoms with Crippen LogP contribution in [0.3, 0.4) is 0 Å². The molecule has 1 aliphatic rings. The Balaban J connectivity index is 1.73. The molecule has 0 fully saturated rings. The number of anilines is 2. The second-order valence-electron chi connectivity index (χ2n) is 5.66. The van der Waals surface area contributed by atoms with Crippen LogP contribution in [0, 0.1) is 0 Å². The molecule has 0 saturated carbocycles. The summed E-state index contributed by atoms with van der Waals surface area (Å²) in [6.07, 6.45) is -0.235. The standard InChI is InChI=1S/C18H16ClN3O4/c1-26-15-7-6-10(19)8-13(15)20-16(23)9-14-18(25)21-12-5-3-2-4-11(12)17(24)22-14/h2-8,14H,9H2,1H3,(H,20,23)(H,21,25)(H,22,24)/t14-/m1/s1. The fourth-order valence-electron chi connectivity index (χ4n) is 2.62. The van der Waals surface area contributed by atoms with Crippen molar-refractivity contribution in [2.24, 2.45) is 0 Å². The van der Waals surface area contributed by atoms with E-state index in [-0.39, 0.29) is 6.42 Å². The maximum Gasteiger partial charge on any atom is 0.254 e. The van der Waals surface area contributed by atoms with Gasteiger partial charge in [0.25, 0.3) is 5.91 Å². The quantitative estimate of drug-likeness (QED) is 0.766. The number of carbonyl (C=O) groups is 3. The minimum atomic E-state index is -1.000. The van der Waals surface area contributed by atoms with E-state index in [9.17, 15) is 14.4 Å². The van der Waals surface area contributed by atoms with Gasteiger partial charge in [0.15, 0.2) is 0 Å². The van der Waals surface area contributed by atoms with Crippen molar-refractivity contribution in [3.8, 4) is 5.75 Å². The van der Waals surface area contributed by atoms with Crippen LogP contribution in [-0.2, 0) is 9.59 Å². The topological polar surface area (TPSA) is 96.5 Å². The van der Waals surface area contributed by atoms with Crippen LogP contribution < -0.4 is 20.7 Å². The van der Waals surface area contributed by atoms with Crippen molar-refractivity contribution in [1.29, 1.82) is 0 Å². The smallest absolute Gasteiger partial charge is 0.254 e. The first-order valence-electron chi connectivity index (χ1n) is 7.82. The number of methoxy groups -OCH3 is 1. The van der Waals surface area contributed by atoms with Gasteiger partial charge in [0.1, 0.15) is 11.8 Å². The SMILES string of the molecule is COc1ccc(Cl)cc1NC(=O)C[C@H]1NC(=O)c2ccccc2NC1=O. The van der Waals surface area contributed by atoms with E-state index in [0.29, 0.717) is 27.7 Å². The second kappa shape index (κ2) is 7.45. The molecule has 0 unspecified atom stereocenters. The molecular weight excluding hydrogens is 358 g/mol. The van der Waals surface area contributed by atoms with Crippen molar-refractivity contribution in [1.82, 2.24) is 5.32 Å². The molecule has 1 aliphatic heterocycles. The Labute approximate surface area is 154 Å². The van der Waals surface area contributed by atoms with Gasteiger partial charge in [-0.2, -0.15) is 0 Å². The lowest BCUT2D eigenvalue weighted by Gasteiger charge is -2.15. The van der Waals surface area contributed by atoms with Gasteiger partial charge in [-0.25, -0.2) is 0 Å². The lowest BCUT2D eigenvalue weighted by molar-refractivity contribution is -0.122. The molecule has 0 saturated heterocycles. The van der Waals surface area contributed by atoms with Crippen LogP contribution in [0.15, 0.2) is 42.5 Å². The van der Waals surface area contributed by atoms with Gasteiger partial charge in [-0.3, -0.25) is 14.4 Å². The monoisotopic (exact) mass is 373 g/mol. The first kappa shape index (κ1) is 17.8. The first-order valence-corrected chi connectivity index (χ1v) is 8.20. The molecule has 3 amide bonds. The van der Waals surface area contributed by atoms with Crippen molar-refractivity contribution < 1.29 is 19.1 Å². The molecule has 2 aromatic carbocycles. The molecule has 0 radical (unpaired) electrons. The predicted octanol–water partition coefficient (Wildman–Crippen LogP) is 2.43. The van der Waals surface area contributed by atoms with Crippen molar-refractivity contribution in [3.05, 3.63) is 53.1 Å². The van der Waals surface area contributed by atoms with Crippen LogP contribution in [0.25, 0.3) is 0 Å². The zero-order valence-electron chi connectivity index (χ0n) is 13.8. The average molecular weight is 374 g/mol. The van der Waals surface area contributed by atoms with Gasteiger partial charge in [-0.15, -0.1) is 0 Å². The van der Waals surface area contributed by atoms with Gasteiger partial charge >= 0.3 is 0 Å². The number of ether oxygens (including phenoxy) is 1. The lowest BCUT2D eigenvalue weighted by Crippen LogP contribution is -2.43. The summed E-state index contributed by atoms with van der Waals surface area (Å²) in [6, 6.07) is 10.4. The molecule has 3 rings (SSSR count). The molecule has 7 nitrogen and oxygen atoms in total. The Hall–Kier alpha value is -3.06. The third-order valence-corrected chi connectivity index (χ3v) is 4.11. The molecule has 0 aromatic heterocycles. The average Bonchev–Trinajstić information content (AvgIpc) is 2.72. The molecule has 26 heavy (non-hydrogen) atoms. The lowest BCUT2D eigenvalue weighted by atomic mass is 10.1. The highest BCUT2D eigenvalue weighted by Crippen LogP contribution is 2.28. The summed E-state index contributed by atoms with van der Waals surface area (Å²) < 4.78 is 5.17. The van der Waals surface area contributed by atoms with Gasteiger partial charge in [0.2, 0.25) is 11.8 Å². The summed E-state index contributed by atoms with van der Waals surface area (Å²) in [6.45, 7) is 0. The van der Waals surface area contributed by atoms with Gasteiger partial charge < -0.3 is 20.7 Å². The molecule has 0 aliphatic carbocycles. The zero-order valence-corrected chi connectivity index (χ0v) is 14.6. The number of hydrogen-bond acceptors (Lipinski definition) is 4. The molecule has 1 atom stereocenters. The molecule has 134 valence electrons. The first-order chi connectivity index (χ1) is 12.5. The van der Waals surface area contributed by atoms with Crippen LogP contribution in [-0.4, -0.2) is 30.9 Å². The van der Waals surface area contributed by atoms with Crippen molar-refractivity contribution in [3.63, 3.8) is 0 Å². The second-order valence-corrected chi connectivity index (χ2v) is 6.09. The number of para-hydroxylation sites is 1. The van der Waals surface area contributed by atoms with Crippen LogP contribution in [0.5, 0.6) is 5.75 Å². The summed E-state index contributed by atoms with van der Waals surface area (Å²) in [7, 11) is 1.47. The van der Waals surface area contributed by atoms with Crippen LogP contribution in [0.4, 0.5) is 11.4 Å². The number of carbonyl (C=O) groups excluding carboxylic acids is 3. The highest BCUT2D eigenvalue weighted by molar-refractivity contribution is 6.31. The van der Waals surface area contributed by atoms with Crippen molar-refractivity contribution in [2.45, 2.75) is 12.5 Å². The van der Waals surface area contributed by atoms with Crippen LogP contribution >= 0.6 is 11.6 Å². The fourth-order valence-corrected chi connectivity index (χ4v) is 2.79. The van der Waals surface area contributed by atoms with E-state index in [4.69, 9.17) is 16.3 Å². The van der Waals surface area contributed by atoms with E-state index in [0.717, 1.165) is 0 Å². The fraction of sp³-hybridized carbons (Fsp3) is 0.167. The molecule has 1 heterocycles. The molecule has 0 bridgehead atoms. The Kier molecular flexibility index (Phi) is 5.09. The number of nitrogens with one attached hydrogen (secondary N) is 3. The third kappa shape index (κ3) is 3.78. The van der Waals surface area contributed by atoms with Gasteiger partial charge in [0, 0.05) is 5.02 Å². The van der Waals surface area contributed by atoms with Gasteiger partial charge in [-0.1, -0.05) is 23.7 Å². The highest BCUT2D eigenvalue weighted by atomic mass is 35.5. The van der Waals surface area contributed by atoms with Crippen LogP contribution in [0.1, 0.15) is 16.8 Å². The van der Waals surface area contributed by atoms with Crippen molar-refractivity contribution >= 4 is 40.7 Å². The van der Waals surface area contributed by atoms with Gasteiger partial charge in [0.05, 0.1) is 30.5 Å². The summed E-state index contributed by atoms with van der Waals surface area (Å²) in [4.78, 5) is 37.0. The summed E-state index contributed by atoms with van der Waals surface area (Å²) in [5, 5.41) is 8.30. The van der Waals surface area contributed by atoms with E-state index >= 15 is 0 Å². The van der Waals surface area contributed by atoms with Crippen molar-refractivity contribution in [2.75, 3.05) is 17.7 Å². The Morgan fingerprint density at radius 2 is 2.00 bits per heavy atom. The number of hydrogen-bond donors (Lipinski definition) is 3. The molecule has 2 aromatic rings. The summed E-state index contributed by atoms with van der Waals surface area (Å²) in [5.41, 5.74) is 1.14. The number of benzene rings is 2. The van der Waals surface area contributed by atoms with E-state index in [1.807, 2.05) is 0 Å². The molecular formula is C18H16ClN3O4. The minimum Gasteiger partial charge on any atom is -0.495 e. The maximum absolute atomic E-state index is 12.4. The van der Waals surface area contributed by atoms with E-state index in [1.54, 1.807) is 42.5 Å².